The Balaban J connectivity index is 2.45. The molecule has 0 aliphatic rings. The lowest BCUT2D eigenvalue weighted by Crippen LogP contribution is -2.51. The molecule has 0 fully saturated rings. The molecule has 2 aromatic rings. The molecule has 0 aliphatic carbocycles. The van der Waals surface area contributed by atoms with Gasteiger partial charge >= 0.3 is 6.18 Å². The molecule has 0 bridgehead atoms. The largest absolute Gasteiger partial charge is 0.496 e. The van der Waals surface area contributed by atoms with Crippen molar-refractivity contribution in [1.29, 1.82) is 0 Å². The first-order valence-corrected chi connectivity index (χ1v) is 9.40. The summed E-state index contributed by atoms with van der Waals surface area (Å²) in [6.45, 7) is 2.78. The van der Waals surface area contributed by atoms with Crippen LogP contribution in [-0.4, -0.2) is 24.0 Å². The third kappa shape index (κ3) is 5.29. The Hall–Kier alpha value is -2.19. The van der Waals surface area contributed by atoms with E-state index in [1.54, 1.807) is 0 Å². The van der Waals surface area contributed by atoms with E-state index in [1.165, 1.54) is 45.2 Å². The molecular weight excluding hydrogens is 426 g/mol. The predicted molar refractivity (Wildman–Crippen MR) is 106 cm³/mol. The van der Waals surface area contributed by atoms with E-state index < -0.39 is 35.9 Å². The fraction of sp³-hybridized carbons (Fsp3) is 0.429. The van der Waals surface area contributed by atoms with Crippen molar-refractivity contribution in [3.05, 3.63) is 68.8 Å². The normalized spacial score (nSPS) is 14.3. The number of halogens is 5. The van der Waals surface area contributed by atoms with Crippen LogP contribution < -0.4 is 4.74 Å². The zero-order valence-corrected chi connectivity index (χ0v) is 17.4. The fourth-order valence-corrected chi connectivity index (χ4v) is 3.79. The van der Waals surface area contributed by atoms with Crippen molar-refractivity contribution < 1.29 is 27.4 Å². The van der Waals surface area contributed by atoms with Crippen LogP contribution in [0.1, 0.15) is 37.0 Å². The molecule has 2 rings (SSSR count). The molecule has 9 heteroatoms. The number of methoxy groups -OCH3 is 1. The average Bonchev–Trinajstić information content (AvgIpc) is 2.63. The second-order valence-corrected chi connectivity index (χ2v) is 8.23. The molecule has 0 spiro atoms. The van der Waals surface area contributed by atoms with Gasteiger partial charge in [0.2, 0.25) is 0 Å². The van der Waals surface area contributed by atoms with Gasteiger partial charge in [-0.3, -0.25) is 0 Å². The minimum Gasteiger partial charge on any atom is -0.496 e. The van der Waals surface area contributed by atoms with E-state index in [9.17, 15) is 27.6 Å². The van der Waals surface area contributed by atoms with Crippen molar-refractivity contribution in [1.82, 2.24) is 0 Å². The van der Waals surface area contributed by atoms with Gasteiger partial charge in [0.15, 0.2) is 5.60 Å². The Kier molecular flexibility index (Phi) is 7.14. The van der Waals surface area contributed by atoms with Gasteiger partial charge in [-0.15, -0.1) is 0 Å². The summed E-state index contributed by atoms with van der Waals surface area (Å²) in [6, 6.07) is 7.68. The van der Waals surface area contributed by atoms with Crippen molar-refractivity contribution in [2.75, 3.05) is 7.11 Å². The first-order chi connectivity index (χ1) is 13.8. The Bertz CT molecular complexity index is 918. The van der Waals surface area contributed by atoms with Gasteiger partial charge in [0.05, 0.1) is 7.11 Å². The minimum atomic E-state index is -4.99. The lowest BCUT2D eigenvalue weighted by atomic mass is 9.72. The van der Waals surface area contributed by atoms with Crippen LogP contribution in [-0.2, 0) is 18.4 Å². The Labute approximate surface area is 176 Å². The third-order valence-electron chi connectivity index (χ3n) is 5.00. The topological polar surface area (TPSA) is 58.9 Å². The van der Waals surface area contributed by atoms with Gasteiger partial charge in [-0.05, 0) is 47.2 Å². The first kappa shape index (κ1) is 24.1. The van der Waals surface area contributed by atoms with Crippen molar-refractivity contribution in [2.45, 2.75) is 50.4 Å². The second-order valence-electron chi connectivity index (χ2n) is 7.82. The van der Waals surface area contributed by atoms with E-state index in [-0.39, 0.29) is 28.4 Å². The number of aliphatic hydroxyl groups is 1. The van der Waals surface area contributed by atoms with Crippen molar-refractivity contribution in [3.8, 4) is 5.75 Å². The minimum absolute atomic E-state index is 0.0139. The maximum absolute atomic E-state index is 14.0. The van der Waals surface area contributed by atoms with E-state index >= 15 is 0 Å². The molecule has 0 aliphatic heterocycles. The molecule has 1 N–H and O–H groups in total. The van der Waals surface area contributed by atoms with Crippen LogP contribution in [0.2, 0.25) is 5.02 Å². The molecule has 0 radical (unpaired) electrons. The molecule has 0 saturated carbocycles. The van der Waals surface area contributed by atoms with Gasteiger partial charge < -0.3 is 9.84 Å². The van der Waals surface area contributed by atoms with E-state index in [0.717, 1.165) is 12.1 Å². The summed E-state index contributed by atoms with van der Waals surface area (Å²) >= 11 is 6.09. The van der Waals surface area contributed by atoms with Crippen LogP contribution in [0.3, 0.4) is 0 Å². The maximum atomic E-state index is 14.0. The fourth-order valence-electron chi connectivity index (χ4n) is 3.52. The monoisotopic (exact) mass is 447 g/mol. The van der Waals surface area contributed by atoms with Gasteiger partial charge in [0, 0.05) is 17.0 Å². The van der Waals surface area contributed by atoms with Crippen LogP contribution in [0.15, 0.2) is 41.6 Å². The molecule has 30 heavy (non-hydrogen) atoms. The highest BCUT2D eigenvalue weighted by Crippen LogP contribution is 2.45. The Morgan fingerprint density at radius 1 is 1.13 bits per heavy atom. The Morgan fingerprint density at radius 3 is 2.33 bits per heavy atom. The van der Waals surface area contributed by atoms with Gasteiger partial charge in [0.25, 0.3) is 0 Å². The number of rotatable bonds is 8. The Morgan fingerprint density at radius 2 is 1.80 bits per heavy atom. The first-order valence-electron chi connectivity index (χ1n) is 9.02. The van der Waals surface area contributed by atoms with Crippen LogP contribution in [0.5, 0.6) is 5.75 Å². The van der Waals surface area contributed by atoms with E-state index in [2.05, 4.69) is 5.18 Å². The lowest BCUT2D eigenvalue weighted by Gasteiger charge is -2.38. The molecule has 0 saturated heterocycles. The molecule has 1 unspecified atom stereocenters. The maximum Gasteiger partial charge on any atom is 0.417 e. The van der Waals surface area contributed by atoms with E-state index in [0.29, 0.717) is 5.56 Å². The number of hydrogen-bond acceptors (Lipinski definition) is 4. The number of benzene rings is 2. The van der Waals surface area contributed by atoms with E-state index in [4.69, 9.17) is 16.3 Å². The van der Waals surface area contributed by atoms with Gasteiger partial charge in [0.1, 0.15) is 18.1 Å². The zero-order valence-electron chi connectivity index (χ0n) is 16.7. The summed E-state index contributed by atoms with van der Waals surface area (Å²) in [4.78, 5) is 10.4. The number of hydrogen-bond donors (Lipinski definition) is 1. The molecule has 4 nitrogen and oxygen atoms in total. The summed E-state index contributed by atoms with van der Waals surface area (Å²) in [5, 5.41) is 13.4. The number of alkyl halides is 3. The SMILES string of the molecule is COc1ccc(F)cc1C(C)(C)CC(O)(Cc1ccc(CN=O)cc1Cl)C(F)(F)F. The second kappa shape index (κ2) is 8.89. The van der Waals surface area contributed by atoms with Crippen molar-refractivity contribution >= 4 is 11.6 Å². The smallest absolute Gasteiger partial charge is 0.417 e. The van der Waals surface area contributed by atoms with Crippen LogP contribution in [0.4, 0.5) is 17.6 Å². The summed E-state index contributed by atoms with van der Waals surface area (Å²) in [6.07, 6.45) is -6.57. The average molecular weight is 448 g/mol. The van der Waals surface area contributed by atoms with Gasteiger partial charge in [-0.25, -0.2) is 4.39 Å². The van der Waals surface area contributed by atoms with Crippen LogP contribution in [0, 0.1) is 10.7 Å². The lowest BCUT2D eigenvalue weighted by molar-refractivity contribution is -0.266. The summed E-state index contributed by atoms with van der Waals surface area (Å²) in [7, 11) is 1.33. The molecule has 2 aromatic carbocycles. The highest BCUT2D eigenvalue weighted by Gasteiger charge is 2.56. The van der Waals surface area contributed by atoms with Gasteiger partial charge in [-0.1, -0.05) is 42.8 Å². The molecule has 0 heterocycles. The predicted octanol–water partition coefficient (Wildman–Crippen LogP) is 5.96. The molecular formula is C21H22ClF4NO3. The van der Waals surface area contributed by atoms with Crippen molar-refractivity contribution in [2.24, 2.45) is 5.18 Å². The molecule has 0 aromatic heterocycles. The van der Waals surface area contributed by atoms with Crippen LogP contribution in [0.25, 0.3) is 0 Å². The number of ether oxygens (including phenoxy) is 1. The molecule has 0 amide bonds. The van der Waals surface area contributed by atoms with E-state index in [1.807, 2.05) is 0 Å². The number of nitrogens with zero attached hydrogens (tertiary/aromatic N) is 1. The summed E-state index contributed by atoms with van der Waals surface area (Å²) in [5.74, 6) is -0.411. The molecule has 164 valence electrons. The van der Waals surface area contributed by atoms with Crippen molar-refractivity contribution in [3.63, 3.8) is 0 Å². The quantitative estimate of drug-likeness (QED) is 0.401. The third-order valence-corrected chi connectivity index (χ3v) is 5.35. The highest BCUT2D eigenvalue weighted by atomic mass is 35.5. The number of nitroso groups, excluding NO2 is 1. The summed E-state index contributed by atoms with van der Waals surface area (Å²) in [5.41, 5.74) is -3.74. The highest BCUT2D eigenvalue weighted by molar-refractivity contribution is 6.31. The summed E-state index contributed by atoms with van der Waals surface area (Å²) < 4.78 is 60.9. The van der Waals surface area contributed by atoms with Gasteiger partial charge in [-0.2, -0.15) is 18.1 Å². The zero-order chi connectivity index (χ0) is 22.7. The van der Waals surface area contributed by atoms with Crippen LogP contribution >= 0.6 is 11.6 Å². The molecule has 1 atom stereocenters. The standard InChI is InChI=1S/C21H22ClF4NO3/c1-19(2,16-9-15(23)6-7-18(16)30-3)12-20(28,21(24,25)26)10-14-5-4-13(11-27-29)8-17(14)22/h4-9,28H,10-12H2,1-3H3.